The summed E-state index contributed by atoms with van der Waals surface area (Å²) < 4.78 is 0. The lowest BCUT2D eigenvalue weighted by atomic mass is 10.0. The van der Waals surface area contributed by atoms with E-state index in [1.165, 1.54) is 276 Å². The molecule has 3 atom stereocenters. The molecule has 0 bridgehead atoms. The number of unbranched alkanes of at least 4 members (excludes halogenated alkanes) is 45. The fourth-order valence-corrected chi connectivity index (χ4v) is 9.81. The number of carbonyl (C=O) groups excluding carboxylic acids is 1. The Bertz CT molecular complexity index is 998. The van der Waals surface area contributed by atoms with Crippen molar-refractivity contribution in [3.8, 4) is 0 Å². The molecule has 0 aromatic rings. The van der Waals surface area contributed by atoms with Crippen LogP contribution in [0, 0.1) is 0 Å². The number of allylic oxidation sites excluding steroid dienone is 4. The summed E-state index contributed by atoms with van der Waals surface area (Å²) >= 11 is 0. The molecule has 0 aliphatic carbocycles. The van der Waals surface area contributed by atoms with Crippen LogP contribution in [0.2, 0.25) is 0 Å². The van der Waals surface area contributed by atoms with Crippen molar-refractivity contribution >= 4 is 5.91 Å². The number of rotatable bonds is 57. The fourth-order valence-electron chi connectivity index (χ4n) is 9.81. The van der Waals surface area contributed by atoms with Gasteiger partial charge in [-0.2, -0.15) is 0 Å². The van der Waals surface area contributed by atoms with Crippen molar-refractivity contribution in [1.82, 2.24) is 5.32 Å². The molecule has 0 aliphatic heterocycles. The maximum Gasteiger partial charge on any atom is 0.220 e. The van der Waals surface area contributed by atoms with Gasteiger partial charge in [0.25, 0.3) is 0 Å². The van der Waals surface area contributed by atoms with Gasteiger partial charge >= 0.3 is 0 Å². The van der Waals surface area contributed by atoms with Crippen LogP contribution in [0.1, 0.15) is 341 Å². The first kappa shape index (κ1) is 65.8. The number of aliphatic hydroxyl groups is 3. The largest absolute Gasteiger partial charge is 0.394 e. The molecular formula is C62H121NO4. The monoisotopic (exact) mass is 944 g/mol. The lowest BCUT2D eigenvalue weighted by Gasteiger charge is -2.26. The maximum atomic E-state index is 12.5. The molecule has 5 heteroatoms. The SMILES string of the molecule is CCCCCCCCCCCCCC/C=C\CCCCCCCCCCCCCCCC(=O)NC(CO)C(O)C(O)CCC/C=C/CCCCCCCCCCCCCCCCCCCCC. The van der Waals surface area contributed by atoms with Crippen LogP contribution < -0.4 is 5.32 Å². The van der Waals surface area contributed by atoms with Gasteiger partial charge in [-0.15, -0.1) is 0 Å². The molecule has 0 rings (SSSR count). The highest BCUT2D eigenvalue weighted by Gasteiger charge is 2.26. The molecule has 0 heterocycles. The van der Waals surface area contributed by atoms with Gasteiger partial charge in [-0.3, -0.25) is 4.79 Å². The van der Waals surface area contributed by atoms with Crippen molar-refractivity contribution < 1.29 is 20.1 Å². The first-order chi connectivity index (χ1) is 33.1. The van der Waals surface area contributed by atoms with Crippen molar-refractivity contribution in [3.05, 3.63) is 24.3 Å². The number of nitrogens with one attached hydrogen (secondary N) is 1. The second-order valence-electron chi connectivity index (χ2n) is 21.3. The Balaban J connectivity index is 3.53. The molecule has 0 spiro atoms. The highest BCUT2D eigenvalue weighted by Crippen LogP contribution is 2.18. The summed E-state index contributed by atoms with van der Waals surface area (Å²) in [7, 11) is 0. The Morgan fingerprint density at radius 2 is 0.597 bits per heavy atom. The van der Waals surface area contributed by atoms with E-state index in [0.717, 1.165) is 38.5 Å². The topological polar surface area (TPSA) is 89.8 Å². The Morgan fingerprint density at radius 3 is 0.866 bits per heavy atom. The van der Waals surface area contributed by atoms with Crippen molar-refractivity contribution in [2.24, 2.45) is 0 Å². The summed E-state index contributed by atoms with van der Waals surface area (Å²) in [5, 5.41) is 33.8. The number of hydrogen-bond acceptors (Lipinski definition) is 4. The Kier molecular flexibility index (Phi) is 56.4. The number of carbonyl (C=O) groups is 1. The molecule has 0 radical (unpaired) electrons. The van der Waals surface area contributed by atoms with E-state index in [0.29, 0.717) is 12.8 Å². The zero-order valence-corrected chi connectivity index (χ0v) is 45.6. The van der Waals surface area contributed by atoms with Crippen molar-refractivity contribution in [3.63, 3.8) is 0 Å². The highest BCUT2D eigenvalue weighted by molar-refractivity contribution is 5.76. The maximum absolute atomic E-state index is 12.5. The lowest BCUT2D eigenvalue weighted by Crippen LogP contribution is -2.50. The van der Waals surface area contributed by atoms with Crippen LogP contribution in [-0.2, 0) is 4.79 Å². The molecule has 0 aliphatic rings. The minimum absolute atomic E-state index is 0.149. The number of amides is 1. The third kappa shape index (κ3) is 52.5. The summed E-state index contributed by atoms with van der Waals surface area (Å²) in [6.45, 7) is 4.21. The van der Waals surface area contributed by atoms with E-state index in [1.807, 2.05) is 0 Å². The third-order valence-corrected chi connectivity index (χ3v) is 14.5. The molecule has 4 N–H and O–H groups in total. The smallest absolute Gasteiger partial charge is 0.220 e. The summed E-state index contributed by atoms with van der Waals surface area (Å²) in [4.78, 5) is 12.5. The highest BCUT2D eigenvalue weighted by atomic mass is 16.3. The summed E-state index contributed by atoms with van der Waals surface area (Å²) in [6, 6.07) is -0.826. The molecule has 0 aromatic carbocycles. The van der Waals surface area contributed by atoms with Crippen LogP contribution in [0.25, 0.3) is 0 Å². The van der Waals surface area contributed by atoms with Crippen LogP contribution >= 0.6 is 0 Å². The molecule has 0 saturated carbocycles. The number of aliphatic hydroxyl groups excluding tert-OH is 3. The quantitative estimate of drug-likeness (QED) is 0.0361. The predicted molar refractivity (Wildman–Crippen MR) is 296 cm³/mol. The van der Waals surface area contributed by atoms with Gasteiger partial charge in [-0.1, -0.05) is 295 Å². The van der Waals surface area contributed by atoms with Gasteiger partial charge in [-0.05, 0) is 64.2 Å². The van der Waals surface area contributed by atoms with E-state index in [9.17, 15) is 20.1 Å². The first-order valence-corrected chi connectivity index (χ1v) is 30.6. The summed E-state index contributed by atoms with van der Waals surface area (Å²) in [6.07, 6.45) is 73.6. The average molecular weight is 945 g/mol. The molecule has 1 amide bonds. The average Bonchev–Trinajstić information content (AvgIpc) is 3.33. The fraction of sp³-hybridized carbons (Fsp3) is 0.919. The second kappa shape index (κ2) is 57.4. The van der Waals surface area contributed by atoms with Crippen LogP contribution in [0.4, 0.5) is 0 Å². The van der Waals surface area contributed by atoms with Crippen LogP contribution in [0.5, 0.6) is 0 Å². The summed E-state index contributed by atoms with van der Waals surface area (Å²) in [5.74, 6) is -0.149. The second-order valence-corrected chi connectivity index (χ2v) is 21.3. The Hall–Kier alpha value is -1.17. The van der Waals surface area contributed by atoms with Crippen molar-refractivity contribution in [1.29, 1.82) is 0 Å². The van der Waals surface area contributed by atoms with Crippen molar-refractivity contribution in [2.45, 2.75) is 360 Å². The Labute approximate surface area is 420 Å². The van der Waals surface area contributed by atoms with E-state index in [4.69, 9.17) is 0 Å². The molecule has 0 saturated heterocycles. The minimum atomic E-state index is -1.16. The predicted octanol–water partition coefficient (Wildman–Crippen LogP) is 19.2. The van der Waals surface area contributed by atoms with Gasteiger partial charge in [0.05, 0.1) is 18.8 Å². The standard InChI is InChI=1S/C62H121NO4/c1-3-5-7-9-11-13-15-17-19-21-23-25-27-29-30-31-32-33-35-37-39-41-43-45-47-49-51-53-55-57-61(66)63-59(58-64)62(67)60(65)56-54-52-50-48-46-44-42-40-38-36-34-28-26-24-22-20-18-16-14-12-10-8-6-4-2/h29-30,48,50,59-60,62,64-65,67H,3-28,31-47,49,51-58H2,1-2H3,(H,63,66)/b30-29-,50-48+. The van der Waals surface area contributed by atoms with Gasteiger partial charge in [0, 0.05) is 6.42 Å². The van der Waals surface area contributed by atoms with Gasteiger partial charge in [0.15, 0.2) is 0 Å². The van der Waals surface area contributed by atoms with E-state index >= 15 is 0 Å². The third-order valence-electron chi connectivity index (χ3n) is 14.5. The van der Waals surface area contributed by atoms with Crippen molar-refractivity contribution in [2.75, 3.05) is 6.61 Å². The zero-order valence-electron chi connectivity index (χ0n) is 45.6. The molecule has 398 valence electrons. The summed E-state index contributed by atoms with van der Waals surface area (Å²) in [5.41, 5.74) is 0. The van der Waals surface area contributed by atoms with E-state index in [1.54, 1.807) is 0 Å². The molecule has 5 nitrogen and oxygen atoms in total. The molecule has 3 unspecified atom stereocenters. The molecular weight excluding hydrogens is 823 g/mol. The number of hydrogen-bond donors (Lipinski definition) is 4. The van der Waals surface area contributed by atoms with E-state index in [-0.39, 0.29) is 12.5 Å². The van der Waals surface area contributed by atoms with Gasteiger partial charge < -0.3 is 20.6 Å². The molecule has 0 fully saturated rings. The van der Waals surface area contributed by atoms with Gasteiger partial charge in [0.1, 0.15) is 6.10 Å². The van der Waals surface area contributed by atoms with Gasteiger partial charge in [0.2, 0.25) is 5.91 Å². The lowest BCUT2D eigenvalue weighted by molar-refractivity contribution is -0.124. The normalized spacial score (nSPS) is 13.3. The van der Waals surface area contributed by atoms with Crippen LogP contribution in [0.15, 0.2) is 24.3 Å². The molecule has 67 heavy (non-hydrogen) atoms. The first-order valence-electron chi connectivity index (χ1n) is 30.6. The minimum Gasteiger partial charge on any atom is -0.394 e. The van der Waals surface area contributed by atoms with Crippen LogP contribution in [-0.4, -0.2) is 46.1 Å². The van der Waals surface area contributed by atoms with Gasteiger partial charge in [-0.25, -0.2) is 0 Å². The Morgan fingerprint density at radius 1 is 0.358 bits per heavy atom. The van der Waals surface area contributed by atoms with E-state index in [2.05, 4.69) is 43.5 Å². The molecule has 0 aromatic heterocycles. The van der Waals surface area contributed by atoms with E-state index < -0.39 is 18.2 Å². The van der Waals surface area contributed by atoms with Crippen LogP contribution in [0.3, 0.4) is 0 Å². The zero-order chi connectivity index (χ0) is 48.6.